The van der Waals surface area contributed by atoms with Crippen molar-refractivity contribution in [1.82, 2.24) is 0 Å². The molecule has 0 bridgehead atoms. The Morgan fingerprint density at radius 3 is 2.53 bits per heavy atom. The first-order chi connectivity index (χ1) is 6.99. The number of carboxylic acid groups (broad SMARTS) is 1. The average molecular weight is 211 g/mol. The zero-order valence-corrected chi connectivity index (χ0v) is 7.79. The molecule has 1 aromatic carbocycles. The summed E-state index contributed by atoms with van der Waals surface area (Å²) >= 11 is 0. The maximum absolute atomic E-state index is 12.5. The lowest BCUT2D eigenvalue weighted by Gasteiger charge is -2.08. The quantitative estimate of drug-likeness (QED) is 0.817. The van der Waals surface area contributed by atoms with Crippen LogP contribution >= 0.6 is 0 Å². The maximum atomic E-state index is 12.5. The zero-order chi connectivity index (χ0) is 11.6. The second-order valence-electron chi connectivity index (χ2n) is 2.94. The van der Waals surface area contributed by atoms with Crippen LogP contribution in [0, 0.1) is 18.3 Å². The molecule has 0 aliphatic heterocycles. The molecule has 0 spiro atoms. The van der Waals surface area contributed by atoms with Crippen molar-refractivity contribution < 1.29 is 18.7 Å². The van der Waals surface area contributed by atoms with Gasteiger partial charge in [0, 0.05) is 5.56 Å². The predicted molar refractivity (Wildman–Crippen MR) is 47.8 cm³/mol. The van der Waals surface area contributed by atoms with Crippen LogP contribution in [0.15, 0.2) is 12.1 Å². The largest absolute Gasteiger partial charge is 0.478 e. The summed E-state index contributed by atoms with van der Waals surface area (Å²) in [5.41, 5.74) is -1.06. The Balaban J connectivity index is 3.58. The van der Waals surface area contributed by atoms with Crippen molar-refractivity contribution in [3.63, 3.8) is 0 Å². The van der Waals surface area contributed by atoms with E-state index in [-0.39, 0.29) is 5.56 Å². The molecule has 0 unspecified atom stereocenters. The van der Waals surface area contributed by atoms with Crippen molar-refractivity contribution in [2.45, 2.75) is 13.3 Å². The zero-order valence-electron chi connectivity index (χ0n) is 7.79. The summed E-state index contributed by atoms with van der Waals surface area (Å²) < 4.78 is 24.9. The van der Waals surface area contributed by atoms with E-state index in [2.05, 4.69) is 0 Å². The van der Waals surface area contributed by atoms with Gasteiger partial charge in [-0.2, -0.15) is 5.26 Å². The minimum absolute atomic E-state index is 0.208. The first-order valence-corrected chi connectivity index (χ1v) is 4.04. The summed E-state index contributed by atoms with van der Waals surface area (Å²) in [6.45, 7) is 1.50. The summed E-state index contributed by atoms with van der Waals surface area (Å²) in [7, 11) is 0. The van der Waals surface area contributed by atoms with Gasteiger partial charge in [-0.1, -0.05) is 12.1 Å². The molecule has 1 aromatic rings. The molecular formula is C10H7F2NO2. The van der Waals surface area contributed by atoms with Crippen molar-refractivity contribution in [2.75, 3.05) is 0 Å². The molecule has 78 valence electrons. The number of aryl methyl sites for hydroxylation is 1. The molecule has 1 rings (SSSR count). The van der Waals surface area contributed by atoms with Gasteiger partial charge >= 0.3 is 5.97 Å². The van der Waals surface area contributed by atoms with E-state index in [1.165, 1.54) is 13.0 Å². The van der Waals surface area contributed by atoms with Crippen LogP contribution in [0.25, 0.3) is 0 Å². The fraction of sp³-hybridized carbons (Fsp3) is 0.200. The number of nitrogens with zero attached hydrogens (tertiary/aromatic N) is 1. The van der Waals surface area contributed by atoms with Crippen molar-refractivity contribution in [2.24, 2.45) is 0 Å². The van der Waals surface area contributed by atoms with E-state index < -0.39 is 23.5 Å². The standard InChI is InChI=1S/C10H7F2NO2/c1-5-2-3-6(9(11)12)8(10(14)15)7(5)4-13/h2-3,9H,1H3,(H,14,15). The number of benzene rings is 1. The predicted octanol–water partition coefficient (Wildman–Crippen LogP) is 2.50. The van der Waals surface area contributed by atoms with Gasteiger partial charge in [0.15, 0.2) is 0 Å². The van der Waals surface area contributed by atoms with Crippen LogP contribution in [-0.4, -0.2) is 11.1 Å². The van der Waals surface area contributed by atoms with E-state index in [0.717, 1.165) is 6.07 Å². The monoisotopic (exact) mass is 211 g/mol. The first-order valence-electron chi connectivity index (χ1n) is 4.04. The van der Waals surface area contributed by atoms with Gasteiger partial charge in [-0.3, -0.25) is 0 Å². The van der Waals surface area contributed by atoms with Crippen LogP contribution in [0.2, 0.25) is 0 Å². The molecule has 0 radical (unpaired) electrons. The third-order valence-electron chi connectivity index (χ3n) is 2.01. The molecular weight excluding hydrogens is 204 g/mol. The molecule has 0 amide bonds. The highest BCUT2D eigenvalue weighted by Gasteiger charge is 2.22. The number of aromatic carboxylic acids is 1. The summed E-state index contributed by atoms with van der Waals surface area (Å²) in [4.78, 5) is 10.8. The molecule has 0 aromatic heterocycles. The molecule has 15 heavy (non-hydrogen) atoms. The molecule has 1 N–H and O–H groups in total. The fourth-order valence-electron chi connectivity index (χ4n) is 1.28. The van der Waals surface area contributed by atoms with Crippen molar-refractivity contribution >= 4 is 5.97 Å². The highest BCUT2D eigenvalue weighted by molar-refractivity contribution is 5.93. The second kappa shape index (κ2) is 4.05. The van der Waals surface area contributed by atoms with Crippen LogP contribution in [0.3, 0.4) is 0 Å². The minimum atomic E-state index is -2.90. The van der Waals surface area contributed by atoms with Crippen LogP contribution in [0.5, 0.6) is 0 Å². The average Bonchev–Trinajstić information content (AvgIpc) is 2.16. The van der Waals surface area contributed by atoms with Gasteiger partial charge in [-0.25, -0.2) is 13.6 Å². The number of nitriles is 1. The summed E-state index contributed by atoms with van der Waals surface area (Å²) in [5.74, 6) is -1.51. The van der Waals surface area contributed by atoms with Gasteiger partial charge in [0.25, 0.3) is 6.43 Å². The van der Waals surface area contributed by atoms with Crippen LogP contribution in [0.1, 0.15) is 33.5 Å². The number of alkyl halides is 2. The van der Waals surface area contributed by atoms with Crippen LogP contribution in [-0.2, 0) is 0 Å². The van der Waals surface area contributed by atoms with Crippen molar-refractivity contribution in [3.05, 3.63) is 34.4 Å². The van der Waals surface area contributed by atoms with E-state index in [4.69, 9.17) is 10.4 Å². The number of hydrogen-bond acceptors (Lipinski definition) is 2. The minimum Gasteiger partial charge on any atom is -0.478 e. The molecule has 0 heterocycles. The number of hydrogen-bond donors (Lipinski definition) is 1. The Morgan fingerprint density at radius 1 is 1.53 bits per heavy atom. The van der Waals surface area contributed by atoms with Crippen LogP contribution < -0.4 is 0 Å². The van der Waals surface area contributed by atoms with Crippen molar-refractivity contribution in [1.29, 1.82) is 5.26 Å². The first kappa shape index (κ1) is 11.1. The molecule has 3 nitrogen and oxygen atoms in total. The Labute approximate surface area is 84.6 Å². The Bertz CT molecular complexity index is 449. The topological polar surface area (TPSA) is 61.1 Å². The highest BCUT2D eigenvalue weighted by Crippen LogP contribution is 2.27. The normalized spacial score (nSPS) is 10.1. The van der Waals surface area contributed by atoms with Gasteiger partial charge in [-0.15, -0.1) is 0 Å². The smallest absolute Gasteiger partial charge is 0.337 e. The maximum Gasteiger partial charge on any atom is 0.337 e. The van der Waals surface area contributed by atoms with Gasteiger partial charge in [0.2, 0.25) is 0 Å². The molecule has 0 aliphatic carbocycles. The number of carboxylic acids is 1. The van der Waals surface area contributed by atoms with E-state index in [0.29, 0.717) is 5.56 Å². The third-order valence-corrected chi connectivity index (χ3v) is 2.01. The van der Waals surface area contributed by atoms with E-state index in [1.807, 2.05) is 0 Å². The molecule has 5 heteroatoms. The summed E-state index contributed by atoms with van der Waals surface area (Å²) in [6.07, 6.45) is -2.90. The Morgan fingerprint density at radius 2 is 2.13 bits per heavy atom. The molecule has 0 atom stereocenters. The number of halogens is 2. The number of carbonyl (C=O) groups is 1. The van der Waals surface area contributed by atoms with E-state index in [9.17, 15) is 13.6 Å². The molecule has 0 aliphatic rings. The highest BCUT2D eigenvalue weighted by atomic mass is 19.3. The van der Waals surface area contributed by atoms with E-state index >= 15 is 0 Å². The summed E-state index contributed by atoms with van der Waals surface area (Å²) in [5, 5.41) is 17.5. The Hall–Kier alpha value is -1.96. The van der Waals surface area contributed by atoms with E-state index in [1.54, 1.807) is 6.07 Å². The van der Waals surface area contributed by atoms with Gasteiger partial charge in [0.1, 0.15) is 6.07 Å². The molecule has 0 saturated heterocycles. The number of rotatable bonds is 2. The van der Waals surface area contributed by atoms with Gasteiger partial charge in [-0.05, 0) is 12.5 Å². The molecule has 0 saturated carbocycles. The lowest BCUT2D eigenvalue weighted by atomic mass is 9.97. The Kier molecular flexibility index (Phi) is 3.00. The van der Waals surface area contributed by atoms with Crippen molar-refractivity contribution in [3.8, 4) is 6.07 Å². The lowest BCUT2D eigenvalue weighted by molar-refractivity contribution is 0.0684. The fourth-order valence-corrected chi connectivity index (χ4v) is 1.28. The lowest BCUT2D eigenvalue weighted by Crippen LogP contribution is -2.07. The van der Waals surface area contributed by atoms with Gasteiger partial charge in [0.05, 0.1) is 11.1 Å². The van der Waals surface area contributed by atoms with Gasteiger partial charge < -0.3 is 5.11 Å². The third kappa shape index (κ3) is 1.94. The van der Waals surface area contributed by atoms with Crippen LogP contribution in [0.4, 0.5) is 8.78 Å². The second-order valence-corrected chi connectivity index (χ2v) is 2.94. The summed E-state index contributed by atoms with van der Waals surface area (Å²) in [6, 6.07) is 3.97. The molecule has 0 fully saturated rings. The SMILES string of the molecule is Cc1ccc(C(F)F)c(C(=O)O)c1C#N.